The van der Waals surface area contributed by atoms with Crippen molar-refractivity contribution in [1.29, 1.82) is 0 Å². The summed E-state index contributed by atoms with van der Waals surface area (Å²) in [6, 6.07) is 16.9. The van der Waals surface area contributed by atoms with Crippen molar-refractivity contribution in [2.75, 3.05) is 26.7 Å². The van der Waals surface area contributed by atoms with Gasteiger partial charge in [0.15, 0.2) is 6.10 Å². The number of hydrogen-bond donors (Lipinski definition) is 1. The number of aromatic nitrogens is 2. The van der Waals surface area contributed by atoms with Crippen molar-refractivity contribution in [2.24, 2.45) is 0 Å². The van der Waals surface area contributed by atoms with Crippen molar-refractivity contribution in [3.8, 4) is 11.1 Å². The molecule has 6 nitrogen and oxygen atoms in total. The number of carbonyl (C=O) groups is 1. The van der Waals surface area contributed by atoms with Gasteiger partial charge in [-0.1, -0.05) is 48.5 Å². The topological polar surface area (TPSA) is 72.3 Å². The van der Waals surface area contributed by atoms with E-state index in [4.69, 9.17) is 4.74 Å². The van der Waals surface area contributed by atoms with Crippen molar-refractivity contribution < 1.29 is 19.1 Å². The van der Waals surface area contributed by atoms with Crippen LogP contribution in [0.15, 0.2) is 67.0 Å². The molecule has 2 heterocycles. The molecule has 6 heteroatoms. The van der Waals surface area contributed by atoms with Gasteiger partial charge in [-0.25, -0.2) is 14.8 Å². The fraction of sp³-hybridized carbons (Fsp3) is 0.346. The highest BCUT2D eigenvalue weighted by molar-refractivity contribution is 5.96. The number of aliphatic hydroxyl groups is 1. The summed E-state index contributed by atoms with van der Waals surface area (Å²) < 4.78 is 6.80. The van der Waals surface area contributed by atoms with E-state index < -0.39 is 11.6 Å². The lowest BCUT2D eigenvalue weighted by molar-refractivity contribution is -0.916. The lowest BCUT2D eigenvalue weighted by Gasteiger charge is -2.41. The predicted molar refractivity (Wildman–Crippen MR) is 121 cm³/mol. The van der Waals surface area contributed by atoms with Crippen LogP contribution in [-0.4, -0.2) is 58.3 Å². The van der Waals surface area contributed by atoms with Crippen LogP contribution in [0.2, 0.25) is 0 Å². The van der Waals surface area contributed by atoms with Crippen molar-refractivity contribution >= 4 is 5.97 Å². The van der Waals surface area contributed by atoms with E-state index in [0.29, 0.717) is 11.1 Å². The zero-order chi connectivity index (χ0) is 22.2. The van der Waals surface area contributed by atoms with Gasteiger partial charge in [0.1, 0.15) is 12.4 Å². The van der Waals surface area contributed by atoms with E-state index in [1.807, 2.05) is 54.6 Å². The van der Waals surface area contributed by atoms with E-state index in [2.05, 4.69) is 17.0 Å². The number of nitrogens with zero attached hydrogens (tertiary/aromatic N) is 3. The standard InChI is InChI=1S/C26H28N3O3/c1-29(17-13-24-27-14-7-15-28-24)16-6-8-19(18-29)32-25(30)26(31)22-11-4-2-9-20(22)21-10-3-5-12-23(21)26/h2-5,7,9-12,14-15,19,31H,6,8,13,16-18H2,1H3/q+1. The monoisotopic (exact) mass is 430 g/mol. The third-order valence-corrected chi connectivity index (χ3v) is 6.86. The number of hydrogen-bond acceptors (Lipinski definition) is 5. The predicted octanol–water partition coefficient (Wildman–Crippen LogP) is 3.09. The van der Waals surface area contributed by atoms with Crippen molar-refractivity contribution in [3.63, 3.8) is 0 Å². The van der Waals surface area contributed by atoms with Crippen LogP contribution in [-0.2, 0) is 21.6 Å². The third-order valence-electron chi connectivity index (χ3n) is 6.86. The Hall–Kier alpha value is -3.09. The maximum Gasteiger partial charge on any atom is 0.348 e. The molecule has 2 aromatic carbocycles. The Morgan fingerprint density at radius 3 is 2.34 bits per heavy atom. The first-order valence-electron chi connectivity index (χ1n) is 11.2. The Morgan fingerprint density at radius 1 is 1.06 bits per heavy atom. The molecule has 164 valence electrons. The summed E-state index contributed by atoms with van der Waals surface area (Å²) >= 11 is 0. The van der Waals surface area contributed by atoms with E-state index in [9.17, 15) is 9.90 Å². The second-order valence-electron chi connectivity index (χ2n) is 9.14. The lowest BCUT2D eigenvalue weighted by atomic mass is 9.91. The molecule has 1 aliphatic carbocycles. The molecular formula is C26H28N3O3+. The number of quaternary nitrogens is 1. The van der Waals surface area contributed by atoms with Crippen LogP contribution >= 0.6 is 0 Å². The fourth-order valence-corrected chi connectivity index (χ4v) is 5.17. The van der Waals surface area contributed by atoms with E-state index >= 15 is 0 Å². The van der Waals surface area contributed by atoms with E-state index in [0.717, 1.165) is 60.3 Å². The van der Waals surface area contributed by atoms with Crippen LogP contribution in [0.1, 0.15) is 29.8 Å². The van der Waals surface area contributed by atoms with Gasteiger partial charge >= 0.3 is 5.97 Å². The van der Waals surface area contributed by atoms with Crippen LogP contribution in [0.3, 0.4) is 0 Å². The third kappa shape index (κ3) is 3.59. The van der Waals surface area contributed by atoms with Crippen LogP contribution in [0, 0.1) is 0 Å². The largest absolute Gasteiger partial charge is 0.454 e. The highest BCUT2D eigenvalue weighted by Crippen LogP contribution is 2.48. The maximum atomic E-state index is 13.5. The fourth-order valence-electron chi connectivity index (χ4n) is 5.17. The molecule has 1 aliphatic heterocycles. The van der Waals surface area contributed by atoms with Crippen LogP contribution in [0.25, 0.3) is 11.1 Å². The quantitative estimate of drug-likeness (QED) is 0.498. The molecule has 0 saturated carbocycles. The van der Waals surface area contributed by atoms with Gasteiger partial charge in [0.05, 0.1) is 26.6 Å². The normalized spacial score (nSPS) is 23.2. The Kier molecular flexibility index (Phi) is 5.27. The first kappa shape index (κ1) is 20.8. The Bertz CT molecular complexity index is 1090. The molecule has 1 fully saturated rings. The molecule has 3 aromatic rings. The smallest absolute Gasteiger partial charge is 0.348 e. The SMILES string of the molecule is C[N+]1(CCc2ncccn2)CCCC(OC(=O)C2(O)c3ccccc3-c3ccccc32)C1. The molecule has 5 rings (SSSR count). The summed E-state index contributed by atoms with van der Waals surface area (Å²) in [4.78, 5) is 22.1. The van der Waals surface area contributed by atoms with Crippen LogP contribution in [0.4, 0.5) is 0 Å². The van der Waals surface area contributed by atoms with E-state index in [-0.39, 0.29) is 6.10 Å². The molecular weight excluding hydrogens is 402 g/mol. The van der Waals surface area contributed by atoms with Gasteiger partial charge in [-0.15, -0.1) is 0 Å². The number of rotatable bonds is 5. The van der Waals surface area contributed by atoms with Gasteiger partial charge in [0.25, 0.3) is 0 Å². The molecule has 0 bridgehead atoms. The number of fused-ring (bicyclic) bond motifs is 3. The Morgan fingerprint density at radius 2 is 1.69 bits per heavy atom. The molecule has 0 spiro atoms. The summed E-state index contributed by atoms with van der Waals surface area (Å²) in [7, 11) is 2.19. The molecule has 2 atom stereocenters. The number of esters is 1. The molecule has 2 unspecified atom stereocenters. The molecule has 1 N–H and O–H groups in total. The van der Waals surface area contributed by atoms with Crippen LogP contribution < -0.4 is 0 Å². The summed E-state index contributed by atoms with van der Waals surface area (Å²) in [5.41, 5.74) is 1.19. The molecule has 0 radical (unpaired) electrons. The van der Waals surface area contributed by atoms with Gasteiger partial charge in [-0.05, 0) is 23.6 Å². The van der Waals surface area contributed by atoms with E-state index in [1.54, 1.807) is 12.4 Å². The first-order valence-corrected chi connectivity index (χ1v) is 11.2. The lowest BCUT2D eigenvalue weighted by Crippen LogP contribution is -2.55. The van der Waals surface area contributed by atoms with Gasteiger partial charge < -0.3 is 14.3 Å². The average molecular weight is 431 g/mol. The number of piperidine rings is 1. The average Bonchev–Trinajstić information content (AvgIpc) is 3.09. The Labute approximate surface area is 188 Å². The minimum Gasteiger partial charge on any atom is -0.454 e. The van der Waals surface area contributed by atoms with Crippen LogP contribution in [0.5, 0.6) is 0 Å². The zero-order valence-corrected chi connectivity index (χ0v) is 18.3. The number of carbonyl (C=O) groups excluding carboxylic acids is 1. The number of ether oxygens (including phenoxy) is 1. The number of likely N-dealkylation sites (tertiary alicyclic amines) is 1. The van der Waals surface area contributed by atoms with Gasteiger partial charge in [-0.2, -0.15) is 0 Å². The van der Waals surface area contributed by atoms with Gasteiger partial charge in [0.2, 0.25) is 5.60 Å². The summed E-state index contributed by atoms with van der Waals surface area (Å²) in [5, 5.41) is 11.7. The van der Waals surface area contributed by atoms with Crippen molar-refractivity contribution in [2.45, 2.75) is 31.0 Å². The zero-order valence-electron chi connectivity index (χ0n) is 18.3. The van der Waals surface area contributed by atoms with Gasteiger partial charge in [-0.3, -0.25) is 0 Å². The van der Waals surface area contributed by atoms with Crippen molar-refractivity contribution in [3.05, 3.63) is 83.9 Å². The summed E-state index contributed by atoms with van der Waals surface area (Å²) in [5.74, 6) is 0.249. The van der Waals surface area contributed by atoms with E-state index in [1.165, 1.54) is 0 Å². The number of likely N-dealkylation sites (N-methyl/N-ethyl adjacent to an activating group) is 1. The Balaban J connectivity index is 1.34. The summed E-state index contributed by atoms with van der Waals surface area (Å²) in [6.45, 7) is 2.63. The van der Waals surface area contributed by atoms with Gasteiger partial charge in [0, 0.05) is 29.9 Å². The molecule has 1 saturated heterocycles. The molecule has 32 heavy (non-hydrogen) atoms. The minimum atomic E-state index is -1.77. The first-order chi connectivity index (χ1) is 15.5. The number of benzene rings is 2. The maximum absolute atomic E-state index is 13.5. The summed E-state index contributed by atoms with van der Waals surface area (Å²) in [6.07, 6.45) is 5.85. The minimum absolute atomic E-state index is 0.234. The second-order valence-corrected chi connectivity index (χ2v) is 9.14. The highest BCUT2D eigenvalue weighted by atomic mass is 16.6. The molecule has 2 aliphatic rings. The molecule has 0 amide bonds. The highest BCUT2D eigenvalue weighted by Gasteiger charge is 2.50. The van der Waals surface area contributed by atoms with Crippen molar-refractivity contribution in [1.82, 2.24) is 9.97 Å². The second kappa shape index (κ2) is 8.11. The molecule has 1 aromatic heterocycles.